The van der Waals surface area contributed by atoms with Crippen LogP contribution < -0.4 is 0 Å². The first-order chi connectivity index (χ1) is 9.21. The Morgan fingerprint density at radius 3 is 1.81 bits per heavy atom. The molecule has 0 amide bonds. The Bertz CT molecular complexity index is 375. The molecule has 0 saturated heterocycles. The third kappa shape index (κ3) is 6.96. The summed E-state index contributed by atoms with van der Waals surface area (Å²) in [5, 5.41) is 0. The molecule has 0 aliphatic carbocycles. The van der Waals surface area contributed by atoms with E-state index in [1.165, 1.54) is 0 Å². The van der Waals surface area contributed by atoms with Gasteiger partial charge in [0.1, 0.15) is 11.7 Å². The molecule has 124 valence electrons. The van der Waals surface area contributed by atoms with Gasteiger partial charge in [-0.1, -0.05) is 6.92 Å². The summed E-state index contributed by atoms with van der Waals surface area (Å²) in [5.41, 5.74) is -1.69. The fourth-order valence-corrected chi connectivity index (χ4v) is 1.67. The normalized spacial score (nSPS) is 14.5. The second kappa shape index (κ2) is 6.80. The fraction of sp³-hybridized carbons (Fsp3) is 0.882. The van der Waals surface area contributed by atoms with Crippen LogP contribution in [0.2, 0.25) is 0 Å². The summed E-state index contributed by atoms with van der Waals surface area (Å²) in [6, 6.07) is 0. The molecule has 0 aromatic carbocycles. The molecular weight excluding hydrogens is 268 g/mol. The van der Waals surface area contributed by atoms with Crippen molar-refractivity contribution >= 4 is 11.9 Å². The summed E-state index contributed by atoms with van der Waals surface area (Å²) in [5.74, 6) is -0.463. The number of hydrogen-bond donors (Lipinski definition) is 0. The molecule has 0 N–H and O–H groups in total. The van der Waals surface area contributed by atoms with Crippen molar-refractivity contribution in [3.05, 3.63) is 0 Å². The lowest BCUT2D eigenvalue weighted by molar-refractivity contribution is -0.173. The lowest BCUT2D eigenvalue weighted by Gasteiger charge is -2.32. The molecule has 0 radical (unpaired) electrons. The van der Waals surface area contributed by atoms with Crippen LogP contribution in [0.1, 0.15) is 75.2 Å². The molecule has 0 heterocycles. The van der Waals surface area contributed by atoms with Crippen molar-refractivity contribution < 1.29 is 19.1 Å². The third-order valence-electron chi connectivity index (χ3n) is 3.51. The second-order valence-corrected chi connectivity index (χ2v) is 8.06. The van der Waals surface area contributed by atoms with Crippen molar-refractivity contribution in [1.29, 1.82) is 0 Å². The van der Waals surface area contributed by atoms with Crippen LogP contribution in [-0.2, 0) is 19.1 Å². The zero-order chi connectivity index (χ0) is 17.1. The molecule has 4 heteroatoms. The van der Waals surface area contributed by atoms with E-state index in [9.17, 15) is 9.59 Å². The lowest BCUT2D eigenvalue weighted by atomic mass is 9.90. The molecule has 0 rings (SSSR count). The first-order valence-electron chi connectivity index (χ1n) is 7.66. The fourth-order valence-electron chi connectivity index (χ4n) is 1.67. The van der Waals surface area contributed by atoms with Gasteiger partial charge in [-0.3, -0.25) is 9.59 Å². The molecule has 0 spiro atoms. The zero-order valence-electron chi connectivity index (χ0n) is 15.1. The van der Waals surface area contributed by atoms with Crippen molar-refractivity contribution in [1.82, 2.24) is 0 Å². The van der Waals surface area contributed by atoms with Gasteiger partial charge in [0, 0.05) is 6.42 Å². The number of rotatable bonds is 6. The molecule has 0 aromatic heterocycles. The van der Waals surface area contributed by atoms with E-state index >= 15 is 0 Å². The van der Waals surface area contributed by atoms with E-state index in [0.29, 0.717) is 6.42 Å². The van der Waals surface area contributed by atoms with E-state index < -0.39 is 16.4 Å². The van der Waals surface area contributed by atoms with Crippen molar-refractivity contribution in [2.45, 2.75) is 86.9 Å². The summed E-state index contributed by atoms with van der Waals surface area (Å²) < 4.78 is 11.0. The summed E-state index contributed by atoms with van der Waals surface area (Å²) in [7, 11) is 0. The Labute approximate surface area is 129 Å². The minimum absolute atomic E-state index is 0.218. The standard InChI is InChI=1S/C17H32O4/c1-10-16(6,7)14(19)21-17(8,9)11-12(2)20-13(18)15(3,4)5/h12H,10-11H2,1-9H3. The first kappa shape index (κ1) is 19.9. The van der Waals surface area contributed by atoms with Gasteiger partial charge in [0.2, 0.25) is 0 Å². The van der Waals surface area contributed by atoms with Crippen molar-refractivity contribution in [2.75, 3.05) is 0 Å². The van der Waals surface area contributed by atoms with Crippen LogP contribution in [0, 0.1) is 10.8 Å². The SMILES string of the molecule is CCC(C)(C)C(=O)OC(C)(C)CC(C)OC(=O)C(C)(C)C. The predicted octanol–water partition coefficient (Wildman–Crippen LogP) is 4.11. The van der Waals surface area contributed by atoms with Crippen LogP contribution in [0.15, 0.2) is 0 Å². The Morgan fingerprint density at radius 1 is 0.952 bits per heavy atom. The summed E-state index contributed by atoms with van der Waals surface area (Å²) in [4.78, 5) is 24.0. The Balaban J connectivity index is 4.61. The van der Waals surface area contributed by atoms with Gasteiger partial charge in [-0.15, -0.1) is 0 Å². The Hall–Kier alpha value is -1.06. The van der Waals surface area contributed by atoms with E-state index in [0.717, 1.165) is 6.42 Å². The van der Waals surface area contributed by atoms with Gasteiger partial charge < -0.3 is 9.47 Å². The summed E-state index contributed by atoms with van der Waals surface area (Å²) in [6.45, 7) is 16.7. The van der Waals surface area contributed by atoms with Crippen molar-refractivity contribution in [3.8, 4) is 0 Å². The van der Waals surface area contributed by atoms with Crippen molar-refractivity contribution in [3.63, 3.8) is 0 Å². The molecule has 21 heavy (non-hydrogen) atoms. The smallest absolute Gasteiger partial charge is 0.312 e. The van der Waals surface area contributed by atoms with Crippen molar-refractivity contribution in [2.24, 2.45) is 10.8 Å². The van der Waals surface area contributed by atoms with E-state index in [1.807, 2.05) is 62.3 Å². The molecule has 1 atom stereocenters. The second-order valence-electron chi connectivity index (χ2n) is 8.06. The number of carbonyl (C=O) groups excluding carboxylic acids is 2. The highest BCUT2D eigenvalue weighted by atomic mass is 16.6. The quantitative estimate of drug-likeness (QED) is 0.693. The van der Waals surface area contributed by atoms with Crippen LogP contribution in [0.4, 0.5) is 0 Å². The van der Waals surface area contributed by atoms with Gasteiger partial charge in [0.25, 0.3) is 0 Å². The average molecular weight is 300 g/mol. The van der Waals surface area contributed by atoms with Crippen LogP contribution in [0.25, 0.3) is 0 Å². The Kier molecular flexibility index (Phi) is 6.46. The summed E-state index contributed by atoms with van der Waals surface area (Å²) >= 11 is 0. The van der Waals surface area contributed by atoms with Crippen LogP contribution >= 0.6 is 0 Å². The van der Waals surface area contributed by atoms with Gasteiger partial charge >= 0.3 is 11.9 Å². The molecular formula is C17H32O4. The number of carbonyl (C=O) groups is 2. The predicted molar refractivity (Wildman–Crippen MR) is 83.9 cm³/mol. The summed E-state index contributed by atoms with van der Waals surface area (Å²) in [6.07, 6.45) is 0.890. The molecule has 0 aliphatic heterocycles. The van der Waals surface area contributed by atoms with Gasteiger partial charge in [-0.05, 0) is 61.8 Å². The highest BCUT2D eigenvalue weighted by Gasteiger charge is 2.35. The van der Waals surface area contributed by atoms with Crippen LogP contribution in [0.3, 0.4) is 0 Å². The molecule has 0 aliphatic rings. The third-order valence-corrected chi connectivity index (χ3v) is 3.51. The largest absolute Gasteiger partial charge is 0.462 e. The molecule has 1 unspecified atom stereocenters. The number of hydrogen-bond acceptors (Lipinski definition) is 4. The van der Waals surface area contributed by atoms with E-state index in [1.54, 1.807) is 0 Å². The van der Waals surface area contributed by atoms with E-state index in [-0.39, 0.29) is 18.0 Å². The zero-order valence-corrected chi connectivity index (χ0v) is 15.1. The van der Waals surface area contributed by atoms with Crippen LogP contribution in [0.5, 0.6) is 0 Å². The minimum atomic E-state index is -0.666. The molecule has 0 bridgehead atoms. The molecule has 0 aromatic rings. The first-order valence-corrected chi connectivity index (χ1v) is 7.66. The molecule has 4 nitrogen and oxygen atoms in total. The average Bonchev–Trinajstić information content (AvgIpc) is 2.25. The van der Waals surface area contributed by atoms with Gasteiger partial charge in [-0.25, -0.2) is 0 Å². The minimum Gasteiger partial charge on any atom is -0.462 e. The van der Waals surface area contributed by atoms with Gasteiger partial charge in [-0.2, -0.15) is 0 Å². The molecule has 0 fully saturated rings. The topological polar surface area (TPSA) is 52.6 Å². The van der Waals surface area contributed by atoms with Gasteiger partial charge in [0.05, 0.1) is 10.8 Å². The highest BCUT2D eigenvalue weighted by Crippen LogP contribution is 2.28. The maximum atomic E-state index is 12.1. The number of esters is 2. The monoisotopic (exact) mass is 300 g/mol. The van der Waals surface area contributed by atoms with Gasteiger partial charge in [0.15, 0.2) is 0 Å². The maximum Gasteiger partial charge on any atom is 0.312 e. The van der Waals surface area contributed by atoms with E-state index in [4.69, 9.17) is 9.47 Å². The number of ether oxygens (including phenoxy) is 2. The lowest BCUT2D eigenvalue weighted by Crippen LogP contribution is -2.39. The maximum absolute atomic E-state index is 12.1. The molecule has 0 saturated carbocycles. The van der Waals surface area contributed by atoms with Crippen LogP contribution in [-0.4, -0.2) is 23.6 Å². The van der Waals surface area contributed by atoms with E-state index in [2.05, 4.69) is 0 Å². The highest BCUT2D eigenvalue weighted by molar-refractivity contribution is 5.76. The Morgan fingerprint density at radius 2 is 1.43 bits per heavy atom.